The maximum atomic E-state index is 13.2. The molecule has 1 spiro atoms. The molecule has 5 rings (SSSR count). The molecule has 7 nitrogen and oxygen atoms in total. The molecule has 0 bridgehead atoms. The first-order valence-corrected chi connectivity index (χ1v) is 11.4. The van der Waals surface area contributed by atoms with Crippen LogP contribution in [-0.2, 0) is 0 Å². The highest BCUT2D eigenvalue weighted by Gasteiger charge is 2.44. The molecule has 0 N–H and O–H groups in total. The topological polar surface area (TPSA) is 84.0 Å². The number of benzene rings is 2. The molecule has 3 amide bonds. The average molecular weight is 447 g/mol. The molecule has 3 heterocycles. The molecule has 0 aliphatic carbocycles. The van der Waals surface area contributed by atoms with Crippen LogP contribution < -0.4 is 4.74 Å². The highest BCUT2D eigenvalue weighted by Crippen LogP contribution is 2.39. The number of ether oxygens (including phenoxy) is 1. The van der Waals surface area contributed by atoms with E-state index in [1.807, 2.05) is 32.0 Å². The second kappa shape index (κ2) is 7.83. The molecule has 2 aromatic carbocycles. The van der Waals surface area contributed by atoms with Crippen molar-refractivity contribution in [3.05, 3.63) is 64.7 Å². The van der Waals surface area contributed by atoms with Crippen LogP contribution >= 0.6 is 0 Å². The SMILES string of the molecule is CC(C)CN1C(=O)c2ccc(C(=O)N3CCC4(CC3)CC(=O)c3ccccc3O4)cc2C1=O. The number of nitrogens with zero attached hydrogens (tertiary/aromatic N) is 2. The molecule has 0 radical (unpaired) electrons. The van der Waals surface area contributed by atoms with Gasteiger partial charge < -0.3 is 9.64 Å². The summed E-state index contributed by atoms with van der Waals surface area (Å²) in [5, 5.41) is 0. The molecule has 3 aliphatic rings. The van der Waals surface area contributed by atoms with Crippen LogP contribution in [0.1, 0.15) is 74.5 Å². The van der Waals surface area contributed by atoms with Crippen molar-refractivity contribution in [3.8, 4) is 5.75 Å². The molecule has 0 saturated carbocycles. The van der Waals surface area contributed by atoms with Gasteiger partial charge in [-0.2, -0.15) is 0 Å². The van der Waals surface area contributed by atoms with Crippen molar-refractivity contribution >= 4 is 23.5 Å². The Hall–Kier alpha value is -3.48. The molecule has 7 heteroatoms. The average Bonchev–Trinajstić information content (AvgIpc) is 3.03. The summed E-state index contributed by atoms with van der Waals surface area (Å²) in [6, 6.07) is 12.0. The number of likely N-dealkylation sites (tertiary alicyclic amines) is 1. The minimum Gasteiger partial charge on any atom is -0.486 e. The third-order valence-corrected chi connectivity index (χ3v) is 6.72. The van der Waals surface area contributed by atoms with Crippen molar-refractivity contribution < 1.29 is 23.9 Å². The lowest BCUT2D eigenvalue weighted by atomic mass is 9.82. The Kier molecular flexibility index (Phi) is 5.07. The third-order valence-electron chi connectivity index (χ3n) is 6.72. The van der Waals surface area contributed by atoms with Crippen molar-refractivity contribution in [2.24, 2.45) is 5.92 Å². The molecule has 170 valence electrons. The minimum atomic E-state index is -0.583. The van der Waals surface area contributed by atoms with Crippen LogP contribution in [0, 0.1) is 5.92 Å². The highest BCUT2D eigenvalue weighted by molar-refractivity contribution is 6.22. The number of para-hydroxylation sites is 1. The van der Waals surface area contributed by atoms with Gasteiger partial charge in [-0.3, -0.25) is 24.1 Å². The summed E-state index contributed by atoms with van der Waals surface area (Å²) >= 11 is 0. The molecule has 2 aromatic rings. The number of hydrogen-bond acceptors (Lipinski definition) is 5. The maximum Gasteiger partial charge on any atom is 0.261 e. The Morgan fingerprint density at radius 1 is 0.970 bits per heavy atom. The van der Waals surface area contributed by atoms with Crippen LogP contribution in [0.3, 0.4) is 0 Å². The summed E-state index contributed by atoms with van der Waals surface area (Å²) < 4.78 is 6.25. The Bertz CT molecular complexity index is 1180. The Morgan fingerprint density at radius 2 is 1.67 bits per heavy atom. The van der Waals surface area contributed by atoms with Crippen LogP contribution in [0.5, 0.6) is 5.75 Å². The smallest absolute Gasteiger partial charge is 0.261 e. The maximum absolute atomic E-state index is 13.2. The summed E-state index contributed by atoms with van der Waals surface area (Å²) in [6.07, 6.45) is 1.43. The quantitative estimate of drug-likeness (QED) is 0.673. The van der Waals surface area contributed by atoms with Gasteiger partial charge in [-0.15, -0.1) is 0 Å². The number of piperidine rings is 1. The number of carbonyl (C=O) groups excluding carboxylic acids is 4. The molecule has 1 fully saturated rings. The number of imide groups is 1. The molecular weight excluding hydrogens is 420 g/mol. The van der Waals surface area contributed by atoms with Gasteiger partial charge in [0, 0.05) is 38.0 Å². The summed E-state index contributed by atoms with van der Waals surface area (Å²) in [4.78, 5) is 54.1. The van der Waals surface area contributed by atoms with Gasteiger partial charge in [-0.1, -0.05) is 26.0 Å². The number of ketones is 1. The third kappa shape index (κ3) is 3.61. The lowest BCUT2D eigenvalue weighted by molar-refractivity contribution is -0.00572. The Labute approximate surface area is 192 Å². The fraction of sp³-hybridized carbons (Fsp3) is 0.385. The van der Waals surface area contributed by atoms with Gasteiger partial charge in [0.25, 0.3) is 17.7 Å². The van der Waals surface area contributed by atoms with Gasteiger partial charge in [0.1, 0.15) is 11.4 Å². The van der Waals surface area contributed by atoms with Gasteiger partial charge in [0.05, 0.1) is 23.1 Å². The zero-order valence-electron chi connectivity index (χ0n) is 18.8. The van der Waals surface area contributed by atoms with E-state index >= 15 is 0 Å². The van der Waals surface area contributed by atoms with E-state index in [0.29, 0.717) is 61.3 Å². The zero-order valence-corrected chi connectivity index (χ0v) is 18.8. The van der Waals surface area contributed by atoms with E-state index in [1.54, 1.807) is 29.2 Å². The van der Waals surface area contributed by atoms with Crippen molar-refractivity contribution in [1.82, 2.24) is 9.80 Å². The van der Waals surface area contributed by atoms with Gasteiger partial charge in [-0.25, -0.2) is 0 Å². The first kappa shape index (κ1) is 21.4. The fourth-order valence-electron chi connectivity index (χ4n) is 4.98. The minimum absolute atomic E-state index is 0.0735. The predicted octanol–water partition coefficient (Wildman–Crippen LogP) is 3.58. The fourth-order valence-corrected chi connectivity index (χ4v) is 4.98. The van der Waals surface area contributed by atoms with Gasteiger partial charge in [0.15, 0.2) is 5.78 Å². The lowest BCUT2D eigenvalue weighted by Gasteiger charge is -2.44. The van der Waals surface area contributed by atoms with E-state index in [9.17, 15) is 19.2 Å². The number of rotatable bonds is 3. The van der Waals surface area contributed by atoms with E-state index in [-0.39, 0.29) is 35.0 Å². The molecule has 1 saturated heterocycles. The van der Waals surface area contributed by atoms with Gasteiger partial charge in [0.2, 0.25) is 0 Å². The van der Waals surface area contributed by atoms with E-state index in [4.69, 9.17) is 4.74 Å². The zero-order chi connectivity index (χ0) is 23.3. The van der Waals surface area contributed by atoms with E-state index < -0.39 is 5.60 Å². The van der Waals surface area contributed by atoms with E-state index in [0.717, 1.165) is 0 Å². The first-order chi connectivity index (χ1) is 15.8. The summed E-state index contributed by atoms with van der Waals surface area (Å²) in [5.74, 6) is 0.0176. The molecular formula is C26H26N2O5. The van der Waals surface area contributed by atoms with Crippen molar-refractivity contribution in [2.75, 3.05) is 19.6 Å². The Balaban J connectivity index is 1.30. The number of amides is 3. The van der Waals surface area contributed by atoms with Gasteiger partial charge >= 0.3 is 0 Å². The number of carbonyl (C=O) groups is 4. The first-order valence-electron chi connectivity index (χ1n) is 11.4. The molecule has 0 atom stereocenters. The molecule has 3 aliphatic heterocycles. The van der Waals surface area contributed by atoms with Crippen LogP contribution in [0.4, 0.5) is 0 Å². The van der Waals surface area contributed by atoms with Crippen molar-refractivity contribution in [1.29, 1.82) is 0 Å². The number of Topliss-reactive ketones (excluding diaryl/α,β-unsaturated/α-hetero) is 1. The number of fused-ring (bicyclic) bond motifs is 2. The standard InChI is InChI=1S/C26H26N2O5/c1-16(2)15-28-24(31)18-8-7-17(13-20(18)25(28)32)23(30)27-11-9-26(10-12-27)14-21(29)19-5-3-4-6-22(19)33-26/h3-8,13,16H,9-12,14-15H2,1-2H3. The lowest BCUT2D eigenvalue weighted by Crippen LogP contribution is -2.52. The van der Waals surface area contributed by atoms with E-state index in [1.165, 1.54) is 4.90 Å². The second-order valence-corrected chi connectivity index (χ2v) is 9.55. The van der Waals surface area contributed by atoms with Crippen molar-refractivity contribution in [3.63, 3.8) is 0 Å². The monoisotopic (exact) mass is 446 g/mol. The molecule has 33 heavy (non-hydrogen) atoms. The largest absolute Gasteiger partial charge is 0.486 e. The highest BCUT2D eigenvalue weighted by atomic mass is 16.5. The second-order valence-electron chi connectivity index (χ2n) is 9.55. The van der Waals surface area contributed by atoms with Gasteiger partial charge in [-0.05, 0) is 36.2 Å². The van der Waals surface area contributed by atoms with E-state index in [2.05, 4.69) is 0 Å². The summed E-state index contributed by atoms with van der Waals surface area (Å²) in [7, 11) is 0. The van der Waals surface area contributed by atoms with Crippen LogP contribution in [0.2, 0.25) is 0 Å². The molecule has 0 aromatic heterocycles. The van der Waals surface area contributed by atoms with Crippen molar-refractivity contribution in [2.45, 2.75) is 38.7 Å². The van der Waals surface area contributed by atoms with Crippen LogP contribution in [0.15, 0.2) is 42.5 Å². The summed E-state index contributed by atoms with van der Waals surface area (Å²) in [5.41, 5.74) is 1.06. The summed E-state index contributed by atoms with van der Waals surface area (Å²) in [6.45, 7) is 5.16. The molecule has 0 unspecified atom stereocenters. The van der Waals surface area contributed by atoms with Crippen LogP contribution in [-0.4, -0.2) is 58.5 Å². The normalized spacial score (nSPS) is 19.1. The Morgan fingerprint density at radius 3 is 2.39 bits per heavy atom. The van der Waals surface area contributed by atoms with Crippen LogP contribution in [0.25, 0.3) is 0 Å². The number of hydrogen-bond donors (Lipinski definition) is 0. The predicted molar refractivity (Wildman–Crippen MR) is 121 cm³/mol.